The average Bonchev–Trinajstić information content (AvgIpc) is 2.28. The van der Waals surface area contributed by atoms with Gasteiger partial charge in [0.25, 0.3) is 0 Å². The molecular weight excluding hydrogens is 217 g/mol. The fourth-order valence-electron chi connectivity index (χ4n) is 1.88. The van der Waals surface area contributed by atoms with Gasteiger partial charge in [-0.15, -0.1) is 6.42 Å². The van der Waals surface area contributed by atoms with E-state index in [-0.39, 0.29) is 0 Å². The van der Waals surface area contributed by atoms with Crippen molar-refractivity contribution in [2.75, 3.05) is 18.0 Å². The van der Waals surface area contributed by atoms with Gasteiger partial charge in [-0.1, -0.05) is 18.9 Å². The SMILES string of the molecule is C#CCN(CCC)c1cccc(F)c1C(C)O. The molecule has 1 rings (SSSR count). The van der Waals surface area contributed by atoms with Crippen molar-refractivity contribution in [3.05, 3.63) is 29.6 Å². The summed E-state index contributed by atoms with van der Waals surface area (Å²) in [7, 11) is 0. The molecule has 1 aromatic rings. The molecule has 0 fully saturated rings. The second kappa shape index (κ2) is 6.27. The Morgan fingerprint density at radius 2 is 2.24 bits per heavy atom. The molecule has 1 aromatic carbocycles. The minimum atomic E-state index is -0.844. The van der Waals surface area contributed by atoms with Gasteiger partial charge in [-0.05, 0) is 25.5 Å². The quantitative estimate of drug-likeness (QED) is 0.793. The van der Waals surface area contributed by atoms with E-state index in [2.05, 4.69) is 5.92 Å². The van der Waals surface area contributed by atoms with Gasteiger partial charge in [0.15, 0.2) is 0 Å². The highest BCUT2D eigenvalue weighted by Crippen LogP contribution is 2.28. The lowest BCUT2D eigenvalue weighted by atomic mass is 10.1. The highest BCUT2D eigenvalue weighted by Gasteiger charge is 2.17. The molecule has 17 heavy (non-hydrogen) atoms. The lowest BCUT2D eigenvalue weighted by molar-refractivity contribution is 0.194. The van der Waals surface area contributed by atoms with Crippen LogP contribution in [0.2, 0.25) is 0 Å². The van der Waals surface area contributed by atoms with E-state index in [1.54, 1.807) is 19.1 Å². The van der Waals surface area contributed by atoms with Crippen molar-refractivity contribution >= 4 is 5.69 Å². The summed E-state index contributed by atoms with van der Waals surface area (Å²) >= 11 is 0. The molecule has 0 radical (unpaired) electrons. The number of anilines is 1. The Balaban J connectivity index is 3.18. The smallest absolute Gasteiger partial charge is 0.131 e. The van der Waals surface area contributed by atoms with E-state index < -0.39 is 11.9 Å². The molecule has 0 aliphatic heterocycles. The summed E-state index contributed by atoms with van der Waals surface area (Å²) in [6.45, 7) is 4.75. The maximum Gasteiger partial charge on any atom is 0.131 e. The number of aliphatic hydroxyl groups is 1. The van der Waals surface area contributed by atoms with Gasteiger partial charge in [0, 0.05) is 17.8 Å². The van der Waals surface area contributed by atoms with Crippen LogP contribution in [0.3, 0.4) is 0 Å². The van der Waals surface area contributed by atoms with Gasteiger partial charge in [-0.3, -0.25) is 0 Å². The van der Waals surface area contributed by atoms with E-state index in [0.29, 0.717) is 17.8 Å². The lowest BCUT2D eigenvalue weighted by Gasteiger charge is -2.25. The number of halogens is 1. The molecule has 2 nitrogen and oxygen atoms in total. The van der Waals surface area contributed by atoms with Gasteiger partial charge < -0.3 is 10.0 Å². The van der Waals surface area contributed by atoms with Crippen LogP contribution < -0.4 is 4.90 Å². The van der Waals surface area contributed by atoms with Crippen molar-refractivity contribution in [2.24, 2.45) is 0 Å². The van der Waals surface area contributed by atoms with E-state index in [1.807, 2.05) is 11.8 Å². The number of hydrogen-bond donors (Lipinski definition) is 1. The maximum atomic E-state index is 13.7. The molecule has 1 atom stereocenters. The predicted molar refractivity (Wildman–Crippen MR) is 68.4 cm³/mol. The zero-order valence-corrected chi connectivity index (χ0v) is 10.3. The summed E-state index contributed by atoms with van der Waals surface area (Å²) in [6.07, 6.45) is 5.38. The molecule has 0 aromatic heterocycles. The number of aliphatic hydroxyl groups excluding tert-OH is 1. The molecular formula is C14H18FNO. The van der Waals surface area contributed by atoms with Crippen molar-refractivity contribution in [1.29, 1.82) is 0 Å². The van der Waals surface area contributed by atoms with E-state index in [0.717, 1.165) is 13.0 Å². The number of hydrogen-bond acceptors (Lipinski definition) is 2. The van der Waals surface area contributed by atoms with E-state index in [4.69, 9.17) is 6.42 Å². The Hall–Kier alpha value is -1.53. The van der Waals surface area contributed by atoms with Crippen LogP contribution in [0.4, 0.5) is 10.1 Å². The average molecular weight is 235 g/mol. The third-order valence-corrected chi connectivity index (χ3v) is 2.56. The summed E-state index contributed by atoms with van der Waals surface area (Å²) in [5.41, 5.74) is 0.996. The third-order valence-electron chi connectivity index (χ3n) is 2.56. The molecule has 0 bridgehead atoms. The van der Waals surface area contributed by atoms with Crippen LogP contribution in [0.15, 0.2) is 18.2 Å². The van der Waals surface area contributed by atoms with E-state index >= 15 is 0 Å². The molecule has 0 saturated carbocycles. The highest BCUT2D eigenvalue weighted by molar-refractivity contribution is 5.55. The number of nitrogens with zero attached hydrogens (tertiary/aromatic N) is 1. The standard InChI is InChI=1S/C14H18FNO/c1-4-9-16(10-5-2)13-8-6-7-12(15)14(13)11(3)17/h1,6-8,11,17H,5,9-10H2,2-3H3. The fraction of sp³-hybridized carbons (Fsp3) is 0.429. The molecule has 92 valence electrons. The predicted octanol–water partition coefficient (Wildman–Crippen LogP) is 2.73. The fourth-order valence-corrected chi connectivity index (χ4v) is 1.88. The van der Waals surface area contributed by atoms with Crippen molar-refractivity contribution in [3.63, 3.8) is 0 Å². The Bertz CT molecular complexity index is 409. The van der Waals surface area contributed by atoms with Crippen molar-refractivity contribution in [1.82, 2.24) is 0 Å². The number of benzene rings is 1. The minimum Gasteiger partial charge on any atom is -0.389 e. The Kier molecular flexibility index (Phi) is 4.99. The summed E-state index contributed by atoms with van der Waals surface area (Å²) in [5, 5.41) is 9.65. The third kappa shape index (κ3) is 3.21. The van der Waals surface area contributed by atoms with E-state index in [9.17, 15) is 9.50 Å². The first-order valence-corrected chi connectivity index (χ1v) is 5.76. The van der Waals surface area contributed by atoms with Crippen LogP contribution in [-0.4, -0.2) is 18.2 Å². The van der Waals surface area contributed by atoms with Crippen LogP contribution in [0.25, 0.3) is 0 Å². The summed E-state index contributed by atoms with van der Waals surface area (Å²) < 4.78 is 13.7. The lowest BCUT2D eigenvalue weighted by Crippen LogP contribution is -2.26. The minimum absolute atomic E-state index is 0.316. The van der Waals surface area contributed by atoms with Crippen LogP contribution in [0.1, 0.15) is 31.9 Å². The Morgan fingerprint density at radius 1 is 1.53 bits per heavy atom. The maximum absolute atomic E-state index is 13.7. The van der Waals surface area contributed by atoms with Crippen LogP contribution in [-0.2, 0) is 0 Å². The molecule has 1 N–H and O–H groups in total. The van der Waals surface area contributed by atoms with Gasteiger partial charge >= 0.3 is 0 Å². The van der Waals surface area contributed by atoms with Crippen LogP contribution in [0, 0.1) is 18.2 Å². The summed E-state index contributed by atoms with van der Waals surface area (Å²) in [5.74, 6) is 2.17. The molecule has 0 aliphatic carbocycles. The van der Waals surface area contributed by atoms with Gasteiger partial charge in [0.1, 0.15) is 5.82 Å². The van der Waals surface area contributed by atoms with Crippen molar-refractivity contribution < 1.29 is 9.50 Å². The first kappa shape index (κ1) is 13.5. The highest BCUT2D eigenvalue weighted by atomic mass is 19.1. The van der Waals surface area contributed by atoms with Gasteiger partial charge in [0.05, 0.1) is 12.6 Å². The normalized spacial score (nSPS) is 11.9. The second-order valence-electron chi connectivity index (χ2n) is 3.97. The first-order valence-electron chi connectivity index (χ1n) is 5.76. The van der Waals surface area contributed by atoms with Crippen LogP contribution >= 0.6 is 0 Å². The number of rotatable bonds is 5. The van der Waals surface area contributed by atoms with Crippen molar-refractivity contribution in [2.45, 2.75) is 26.4 Å². The molecule has 0 aliphatic rings. The molecule has 3 heteroatoms. The Labute approximate surface area is 102 Å². The zero-order valence-electron chi connectivity index (χ0n) is 10.3. The van der Waals surface area contributed by atoms with Crippen LogP contribution in [0.5, 0.6) is 0 Å². The second-order valence-corrected chi connectivity index (χ2v) is 3.97. The van der Waals surface area contributed by atoms with Gasteiger partial charge in [-0.2, -0.15) is 0 Å². The van der Waals surface area contributed by atoms with Crippen molar-refractivity contribution in [3.8, 4) is 12.3 Å². The topological polar surface area (TPSA) is 23.5 Å². The monoisotopic (exact) mass is 235 g/mol. The Morgan fingerprint density at radius 3 is 2.76 bits per heavy atom. The molecule has 0 amide bonds. The molecule has 0 heterocycles. The number of terminal acetylenes is 1. The molecule has 0 saturated heterocycles. The summed E-state index contributed by atoms with van der Waals surface area (Å²) in [6, 6.07) is 4.78. The first-order chi connectivity index (χ1) is 8.11. The zero-order chi connectivity index (χ0) is 12.8. The molecule has 0 spiro atoms. The van der Waals surface area contributed by atoms with E-state index in [1.165, 1.54) is 6.07 Å². The molecule has 1 unspecified atom stereocenters. The largest absolute Gasteiger partial charge is 0.389 e. The van der Waals surface area contributed by atoms with Gasteiger partial charge in [0.2, 0.25) is 0 Å². The van der Waals surface area contributed by atoms with Gasteiger partial charge in [-0.25, -0.2) is 4.39 Å². The summed E-state index contributed by atoms with van der Waals surface area (Å²) in [4.78, 5) is 1.91.